The molecule has 2 aromatic rings. The van der Waals surface area contributed by atoms with E-state index in [-0.39, 0.29) is 18.7 Å². The molecule has 0 saturated carbocycles. The minimum atomic E-state index is -0.104. The number of ether oxygens (including phenoxy) is 2. The number of likely N-dealkylation sites (N-methyl/N-ethyl adjacent to an activating group) is 1. The van der Waals surface area contributed by atoms with Crippen LogP contribution in [0.4, 0.5) is 0 Å². The van der Waals surface area contributed by atoms with Crippen molar-refractivity contribution in [1.82, 2.24) is 10.2 Å². The highest BCUT2D eigenvalue weighted by atomic mass is 16.7. The molecule has 1 aliphatic rings. The summed E-state index contributed by atoms with van der Waals surface area (Å²) in [5, 5.41) is 3.01. The van der Waals surface area contributed by atoms with E-state index >= 15 is 0 Å². The van der Waals surface area contributed by atoms with E-state index < -0.39 is 0 Å². The van der Waals surface area contributed by atoms with Gasteiger partial charge in [-0.2, -0.15) is 0 Å². The molecule has 1 aliphatic heterocycles. The van der Waals surface area contributed by atoms with Gasteiger partial charge in [-0.05, 0) is 44.3 Å². The van der Waals surface area contributed by atoms with Crippen molar-refractivity contribution in [2.24, 2.45) is 0 Å². The van der Waals surface area contributed by atoms with Gasteiger partial charge in [0.25, 0.3) is 5.91 Å². The van der Waals surface area contributed by atoms with Gasteiger partial charge in [-0.3, -0.25) is 4.79 Å². The molecule has 0 bridgehead atoms. The number of nitrogens with one attached hydrogen (secondary N) is 1. The van der Waals surface area contributed by atoms with Crippen molar-refractivity contribution < 1.29 is 14.3 Å². The second-order valence-corrected chi connectivity index (χ2v) is 6.09. The minimum absolute atomic E-state index is 0.104. The van der Waals surface area contributed by atoms with E-state index in [4.69, 9.17) is 9.47 Å². The molecule has 1 N–H and O–H groups in total. The molecule has 24 heavy (non-hydrogen) atoms. The summed E-state index contributed by atoms with van der Waals surface area (Å²) in [5.41, 5.74) is 1.84. The number of hydrogen-bond donors (Lipinski definition) is 1. The number of carbonyl (C=O) groups excluding carboxylic acids is 1. The van der Waals surface area contributed by atoms with Gasteiger partial charge in [0.05, 0.1) is 0 Å². The van der Waals surface area contributed by atoms with Crippen LogP contribution in [0.2, 0.25) is 0 Å². The summed E-state index contributed by atoms with van der Waals surface area (Å²) < 4.78 is 10.6. The Kier molecular flexibility index (Phi) is 5.01. The van der Waals surface area contributed by atoms with Gasteiger partial charge >= 0.3 is 0 Å². The van der Waals surface area contributed by atoms with Crippen molar-refractivity contribution >= 4 is 5.91 Å². The molecule has 2 aromatic carbocycles. The van der Waals surface area contributed by atoms with Crippen LogP contribution in [0, 0.1) is 0 Å². The van der Waals surface area contributed by atoms with Crippen molar-refractivity contribution in [3.8, 4) is 11.5 Å². The fraction of sp³-hybridized carbons (Fsp3) is 0.316. The largest absolute Gasteiger partial charge is 0.454 e. The lowest BCUT2D eigenvalue weighted by atomic mass is 10.0. The number of nitrogens with zero attached hydrogens (tertiary/aromatic N) is 1. The van der Waals surface area contributed by atoms with Crippen LogP contribution in [-0.2, 0) is 6.42 Å². The summed E-state index contributed by atoms with van der Waals surface area (Å²) in [6.07, 6.45) is 0.884. The first-order valence-corrected chi connectivity index (χ1v) is 8.01. The van der Waals surface area contributed by atoms with Crippen molar-refractivity contribution in [1.29, 1.82) is 0 Å². The molecule has 0 saturated heterocycles. The van der Waals surface area contributed by atoms with Gasteiger partial charge in [0, 0.05) is 18.2 Å². The van der Waals surface area contributed by atoms with Gasteiger partial charge in [-0.25, -0.2) is 0 Å². The Labute approximate surface area is 142 Å². The smallest absolute Gasteiger partial charge is 0.251 e. The zero-order valence-electron chi connectivity index (χ0n) is 14.0. The maximum atomic E-state index is 12.4. The Morgan fingerprint density at radius 2 is 1.88 bits per heavy atom. The third kappa shape index (κ3) is 3.86. The highest BCUT2D eigenvalue weighted by Crippen LogP contribution is 2.32. The van der Waals surface area contributed by atoms with Gasteiger partial charge in [-0.1, -0.05) is 30.3 Å². The lowest BCUT2D eigenvalue weighted by Crippen LogP contribution is -2.41. The Balaban J connectivity index is 1.61. The first kappa shape index (κ1) is 16.3. The molecule has 3 rings (SSSR count). The Bertz CT molecular complexity index is 701. The molecule has 5 nitrogen and oxygen atoms in total. The van der Waals surface area contributed by atoms with Crippen molar-refractivity contribution in [3.63, 3.8) is 0 Å². The van der Waals surface area contributed by atoms with E-state index in [2.05, 4.69) is 22.3 Å². The molecule has 126 valence electrons. The van der Waals surface area contributed by atoms with E-state index in [9.17, 15) is 4.79 Å². The lowest BCUT2D eigenvalue weighted by molar-refractivity contribution is 0.0941. The summed E-state index contributed by atoms with van der Waals surface area (Å²) in [4.78, 5) is 14.5. The summed E-state index contributed by atoms with van der Waals surface area (Å²) in [7, 11) is 4.06. The summed E-state index contributed by atoms with van der Waals surface area (Å²) in [5.74, 6) is 1.20. The maximum Gasteiger partial charge on any atom is 0.251 e. The molecule has 1 amide bonds. The Hall–Kier alpha value is -2.53. The van der Waals surface area contributed by atoms with Crippen LogP contribution >= 0.6 is 0 Å². The highest BCUT2D eigenvalue weighted by Gasteiger charge is 2.18. The molecular formula is C19H22N2O3. The van der Waals surface area contributed by atoms with Crippen LogP contribution in [-0.4, -0.2) is 44.3 Å². The van der Waals surface area contributed by atoms with E-state index in [1.165, 1.54) is 5.56 Å². The number of rotatable bonds is 6. The standard InChI is InChI=1S/C19H22N2O3/c1-21(2)16(10-14-6-4-3-5-7-14)12-20-19(22)15-8-9-17-18(11-15)24-13-23-17/h3-9,11,16H,10,12-13H2,1-2H3,(H,20,22). The predicted molar refractivity (Wildman–Crippen MR) is 92.5 cm³/mol. The van der Waals surface area contributed by atoms with E-state index in [0.717, 1.165) is 6.42 Å². The predicted octanol–water partition coefficient (Wildman–Crippen LogP) is 2.32. The third-order valence-corrected chi connectivity index (χ3v) is 4.18. The normalized spacial score (nSPS) is 13.8. The number of amides is 1. The lowest BCUT2D eigenvalue weighted by Gasteiger charge is -2.24. The molecule has 5 heteroatoms. The second-order valence-electron chi connectivity index (χ2n) is 6.09. The molecule has 0 fully saturated rings. The molecule has 0 radical (unpaired) electrons. The van der Waals surface area contributed by atoms with Gasteiger partial charge in [0.2, 0.25) is 6.79 Å². The fourth-order valence-electron chi connectivity index (χ4n) is 2.67. The van der Waals surface area contributed by atoms with Crippen LogP contribution in [0.15, 0.2) is 48.5 Å². The van der Waals surface area contributed by atoms with Crippen molar-refractivity contribution in [2.75, 3.05) is 27.4 Å². The van der Waals surface area contributed by atoms with E-state index in [0.29, 0.717) is 23.6 Å². The van der Waals surface area contributed by atoms with Crippen LogP contribution in [0.1, 0.15) is 15.9 Å². The first-order chi connectivity index (χ1) is 11.6. The SMILES string of the molecule is CN(C)C(CNC(=O)c1ccc2c(c1)OCO2)Cc1ccccc1. The molecule has 1 atom stereocenters. The average Bonchev–Trinajstić information content (AvgIpc) is 3.06. The van der Waals surface area contributed by atoms with Crippen LogP contribution in [0.25, 0.3) is 0 Å². The summed E-state index contributed by atoms with van der Waals surface area (Å²) in [6.45, 7) is 0.787. The number of benzene rings is 2. The number of fused-ring (bicyclic) bond motifs is 1. The van der Waals surface area contributed by atoms with Crippen molar-refractivity contribution in [3.05, 3.63) is 59.7 Å². The monoisotopic (exact) mass is 326 g/mol. The Morgan fingerprint density at radius 1 is 1.12 bits per heavy atom. The number of carbonyl (C=O) groups is 1. The zero-order valence-corrected chi connectivity index (χ0v) is 14.0. The molecular weight excluding hydrogens is 304 g/mol. The van der Waals surface area contributed by atoms with Gasteiger partial charge in [0.1, 0.15) is 0 Å². The highest BCUT2D eigenvalue weighted by molar-refractivity contribution is 5.94. The fourth-order valence-corrected chi connectivity index (χ4v) is 2.67. The maximum absolute atomic E-state index is 12.4. The molecule has 0 aliphatic carbocycles. The topological polar surface area (TPSA) is 50.8 Å². The average molecular weight is 326 g/mol. The van der Waals surface area contributed by atoms with Crippen LogP contribution in [0.5, 0.6) is 11.5 Å². The van der Waals surface area contributed by atoms with Crippen molar-refractivity contribution in [2.45, 2.75) is 12.5 Å². The van der Waals surface area contributed by atoms with E-state index in [1.807, 2.05) is 32.3 Å². The third-order valence-electron chi connectivity index (χ3n) is 4.18. The number of hydrogen-bond acceptors (Lipinski definition) is 4. The second kappa shape index (κ2) is 7.36. The van der Waals surface area contributed by atoms with E-state index in [1.54, 1.807) is 18.2 Å². The summed E-state index contributed by atoms with van der Waals surface area (Å²) in [6, 6.07) is 15.8. The van der Waals surface area contributed by atoms with Gasteiger partial charge < -0.3 is 19.7 Å². The molecule has 1 unspecified atom stereocenters. The summed E-state index contributed by atoms with van der Waals surface area (Å²) >= 11 is 0. The molecule has 0 spiro atoms. The van der Waals surface area contributed by atoms with Crippen LogP contribution < -0.4 is 14.8 Å². The molecule has 1 heterocycles. The Morgan fingerprint density at radius 3 is 2.62 bits per heavy atom. The van der Waals surface area contributed by atoms with Crippen LogP contribution in [0.3, 0.4) is 0 Å². The van der Waals surface area contributed by atoms with Gasteiger partial charge in [0.15, 0.2) is 11.5 Å². The minimum Gasteiger partial charge on any atom is -0.454 e. The first-order valence-electron chi connectivity index (χ1n) is 8.01. The van der Waals surface area contributed by atoms with Gasteiger partial charge in [-0.15, -0.1) is 0 Å². The molecule has 0 aromatic heterocycles. The quantitative estimate of drug-likeness (QED) is 0.885. The zero-order chi connectivity index (χ0) is 16.9.